The van der Waals surface area contributed by atoms with Crippen molar-refractivity contribution in [1.82, 2.24) is 5.32 Å². The van der Waals surface area contributed by atoms with Crippen LogP contribution in [0.5, 0.6) is 5.75 Å². The van der Waals surface area contributed by atoms with Gasteiger partial charge in [0, 0.05) is 5.02 Å². The van der Waals surface area contributed by atoms with Crippen LogP contribution in [0.2, 0.25) is 5.02 Å². The van der Waals surface area contributed by atoms with Gasteiger partial charge in [-0.2, -0.15) is 0 Å². The first kappa shape index (κ1) is 16.3. The molecule has 1 rings (SSSR count). The zero-order chi connectivity index (χ0) is 14.3. The maximum atomic E-state index is 6.25. The van der Waals surface area contributed by atoms with Crippen LogP contribution < -0.4 is 10.1 Å². The average Bonchev–Trinajstić information content (AvgIpc) is 2.35. The van der Waals surface area contributed by atoms with E-state index in [0.717, 1.165) is 54.4 Å². The minimum Gasteiger partial charge on any atom is -0.493 e. The lowest BCUT2D eigenvalue weighted by Gasteiger charge is -2.14. The summed E-state index contributed by atoms with van der Waals surface area (Å²) in [5, 5.41) is 4.16. The van der Waals surface area contributed by atoms with E-state index in [-0.39, 0.29) is 0 Å². The van der Waals surface area contributed by atoms with E-state index in [2.05, 4.69) is 32.2 Å². The Bertz CT molecular complexity index is 391. The van der Waals surface area contributed by atoms with Gasteiger partial charge in [-0.05, 0) is 62.0 Å². The summed E-state index contributed by atoms with van der Waals surface area (Å²) < 4.78 is 5.88. The molecule has 0 aliphatic rings. The van der Waals surface area contributed by atoms with Gasteiger partial charge in [0.1, 0.15) is 5.75 Å². The monoisotopic (exact) mass is 283 g/mol. The van der Waals surface area contributed by atoms with Crippen LogP contribution in [0, 0.1) is 6.92 Å². The van der Waals surface area contributed by atoms with E-state index in [4.69, 9.17) is 16.3 Å². The van der Waals surface area contributed by atoms with Gasteiger partial charge < -0.3 is 10.1 Å². The van der Waals surface area contributed by atoms with Gasteiger partial charge in [0.25, 0.3) is 0 Å². The third kappa shape index (κ3) is 5.42. The van der Waals surface area contributed by atoms with E-state index in [9.17, 15) is 0 Å². The minimum atomic E-state index is 0.421. The highest BCUT2D eigenvalue weighted by molar-refractivity contribution is 6.31. The highest BCUT2D eigenvalue weighted by atomic mass is 35.5. The molecule has 0 aliphatic heterocycles. The summed E-state index contributed by atoms with van der Waals surface area (Å²) in [4.78, 5) is 0. The zero-order valence-corrected chi connectivity index (χ0v) is 13.3. The Morgan fingerprint density at radius 3 is 2.63 bits per heavy atom. The lowest BCUT2D eigenvalue weighted by Crippen LogP contribution is -2.14. The van der Waals surface area contributed by atoms with Crippen molar-refractivity contribution in [3.63, 3.8) is 0 Å². The second kappa shape index (κ2) is 8.44. The summed E-state index contributed by atoms with van der Waals surface area (Å²) in [6.07, 6.45) is 2.23. The van der Waals surface area contributed by atoms with E-state index >= 15 is 0 Å². The van der Waals surface area contributed by atoms with Crippen LogP contribution in [0.1, 0.15) is 50.7 Å². The Labute approximate surface area is 122 Å². The van der Waals surface area contributed by atoms with Gasteiger partial charge >= 0.3 is 0 Å². The molecule has 2 nitrogen and oxygen atoms in total. The molecule has 0 aromatic heterocycles. The van der Waals surface area contributed by atoms with Crippen molar-refractivity contribution in [2.24, 2.45) is 0 Å². The van der Waals surface area contributed by atoms with E-state index in [1.165, 1.54) is 0 Å². The molecule has 0 unspecified atom stereocenters. The summed E-state index contributed by atoms with van der Waals surface area (Å²) in [7, 11) is 0. The SMILES string of the molecule is CCNCCCCOc1cc(C(C)C)c(Cl)cc1C. The molecule has 0 spiro atoms. The maximum absolute atomic E-state index is 6.25. The molecular formula is C16H26ClNO. The smallest absolute Gasteiger partial charge is 0.122 e. The number of ether oxygens (including phenoxy) is 1. The molecule has 0 saturated carbocycles. The number of rotatable bonds is 8. The van der Waals surface area contributed by atoms with Crippen molar-refractivity contribution in [2.45, 2.75) is 46.5 Å². The number of benzene rings is 1. The van der Waals surface area contributed by atoms with Crippen LogP contribution in [0.15, 0.2) is 12.1 Å². The topological polar surface area (TPSA) is 21.3 Å². The van der Waals surface area contributed by atoms with Crippen LogP contribution in [-0.2, 0) is 0 Å². The van der Waals surface area contributed by atoms with Crippen molar-refractivity contribution in [1.29, 1.82) is 0 Å². The van der Waals surface area contributed by atoms with Gasteiger partial charge in [-0.15, -0.1) is 0 Å². The van der Waals surface area contributed by atoms with Crippen LogP contribution in [-0.4, -0.2) is 19.7 Å². The minimum absolute atomic E-state index is 0.421. The van der Waals surface area contributed by atoms with Crippen LogP contribution in [0.4, 0.5) is 0 Å². The number of unbranched alkanes of at least 4 members (excludes halogenated alkanes) is 1. The lowest BCUT2D eigenvalue weighted by atomic mass is 10.0. The first-order chi connectivity index (χ1) is 9.06. The van der Waals surface area contributed by atoms with Gasteiger partial charge in [-0.3, -0.25) is 0 Å². The Morgan fingerprint density at radius 1 is 1.26 bits per heavy atom. The average molecular weight is 284 g/mol. The van der Waals surface area contributed by atoms with Crippen molar-refractivity contribution in [3.8, 4) is 5.75 Å². The van der Waals surface area contributed by atoms with E-state index in [1.54, 1.807) is 0 Å². The summed E-state index contributed by atoms with van der Waals surface area (Å²) in [6, 6.07) is 4.09. The summed E-state index contributed by atoms with van der Waals surface area (Å²) in [6.45, 7) is 11.3. The van der Waals surface area contributed by atoms with E-state index in [0.29, 0.717) is 5.92 Å². The third-order valence-electron chi connectivity index (χ3n) is 3.17. The molecule has 0 saturated heterocycles. The molecule has 0 amide bonds. The van der Waals surface area contributed by atoms with Gasteiger partial charge in [-0.25, -0.2) is 0 Å². The summed E-state index contributed by atoms with van der Waals surface area (Å²) in [5.41, 5.74) is 2.27. The van der Waals surface area contributed by atoms with Crippen molar-refractivity contribution < 1.29 is 4.74 Å². The summed E-state index contributed by atoms with van der Waals surface area (Å²) in [5.74, 6) is 1.39. The van der Waals surface area contributed by atoms with Crippen molar-refractivity contribution >= 4 is 11.6 Å². The second-order valence-electron chi connectivity index (χ2n) is 5.20. The number of halogens is 1. The van der Waals surface area contributed by atoms with Crippen molar-refractivity contribution in [3.05, 3.63) is 28.3 Å². The van der Waals surface area contributed by atoms with Crippen LogP contribution in [0.25, 0.3) is 0 Å². The number of hydrogen-bond donors (Lipinski definition) is 1. The van der Waals surface area contributed by atoms with Crippen LogP contribution >= 0.6 is 11.6 Å². The molecule has 0 aliphatic carbocycles. The predicted molar refractivity (Wildman–Crippen MR) is 83.6 cm³/mol. The first-order valence-corrected chi connectivity index (χ1v) is 7.57. The molecule has 3 heteroatoms. The largest absolute Gasteiger partial charge is 0.493 e. The molecule has 0 atom stereocenters. The molecule has 0 fully saturated rings. The number of aryl methyl sites for hydroxylation is 1. The van der Waals surface area contributed by atoms with E-state index < -0.39 is 0 Å². The molecule has 0 radical (unpaired) electrons. The second-order valence-corrected chi connectivity index (χ2v) is 5.61. The molecule has 1 N–H and O–H groups in total. The lowest BCUT2D eigenvalue weighted by molar-refractivity contribution is 0.303. The fourth-order valence-corrected chi connectivity index (χ4v) is 2.41. The van der Waals surface area contributed by atoms with Gasteiger partial charge in [0.05, 0.1) is 6.61 Å². The fraction of sp³-hybridized carbons (Fsp3) is 0.625. The third-order valence-corrected chi connectivity index (χ3v) is 3.50. The molecule has 1 aromatic carbocycles. The Hall–Kier alpha value is -0.730. The molecular weight excluding hydrogens is 258 g/mol. The highest BCUT2D eigenvalue weighted by Crippen LogP contribution is 2.31. The quantitative estimate of drug-likeness (QED) is 0.707. The molecule has 0 heterocycles. The van der Waals surface area contributed by atoms with Crippen LogP contribution in [0.3, 0.4) is 0 Å². The maximum Gasteiger partial charge on any atom is 0.122 e. The zero-order valence-electron chi connectivity index (χ0n) is 12.6. The van der Waals surface area contributed by atoms with Gasteiger partial charge in [-0.1, -0.05) is 32.4 Å². The first-order valence-electron chi connectivity index (χ1n) is 7.19. The molecule has 1 aromatic rings. The normalized spacial score (nSPS) is 11.1. The Morgan fingerprint density at radius 2 is 2.00 bits per heavy atom. The molecule has 108 valence electrons. The fourth-order valence-electron chi connectivity index (χ4n) is 1.98. The predicted octanol–water partition coefficient (Wildman–Crippen LogP) is 4.54. The molecule has 19 heavy (non-hydrogen) atoms. The number of nitrogens with one attached hydrogen (secondary N) is 1. The van der Waals surface area contributed by atoms with E-state index in [1.807, 2.05) is 13.0 Å². The van der Waals surface area contributed by atoms with Gasteiger partial charge in [0.15, 0.2) is 0 Å². The molecule has 0 bridgehead atoms. The van der Waals surface area contributed by atoms with Gasteiger partial charge in [0.2, 0.25) is 0 Å². The Kier molecular flexibility index (Phi) is 7.25. The Balaban J connectivity index is 2.51. The standard InChI is InChI=1S/C16H26ClNO/c1-5-18-8-6-7-9-19-16-11-14(12(2)3)15(17)10-13(16)4/h10-12,18H,5-9H2,1-4H3. The van der Waals surface area contributed by atoms with Crippen molar-refractivity contribution in [2.75, 3.05) is 19.7 Å². The summed E-state index contributed by atoms with van der Waals surface area (Å²) >= 11 is 6.25. The highest BCUT2D eigenvalue weighted by Gasteiger charge is 2.09. The number of hydrogen-bond acceptors (Lipinski definition) is 2.